The van der Waals surface area contributed by atoms with Gasteiger partial charge in [0, 0.05) is 80.9 Å². The quantitative estimate of drug-likeness (QED) is 0.176. The highest BCUT2D eigenvalue weighted by Gasteiger charge is 2.41. The highest BCUT2D eigenvalue weighted by molar-refractivity contribution is 5.96. The second kappa shape index (κ2) is 18.9. The summed E-state index contributed by atoms with van der Waals surface area (Å²) < 4.78 is 14.2. The number of carbonyl (C=O) groups excluding carboxylic acids is 4. The van der Waals surface area contributed by atoms with Crippen LogP contribution in [0.15, 0.2) is 54.7 Å². The van der Waals surface area contributed by atoms with E-state index in [0.29, 0.717) is 51.0 Å². The van der Waals surface area contributed by atoms with Crippen molar-refractivity contribution in [1.82, 2.24) is 40.0 Å². The molecule has 344 valence electrons. The average Bonchev–Trinajstić information content (AvgIpc) is 3.54. The van der Waals surface area contributed by atoms with Crippen LogP contribution in [0.2, 0.25) is 0 Å². The van der Waals surface area contributed by atoms with E-state index in [-0.39, 0.29) is 42.9 Å². The Morgan fingerprint density at radius 2 is 1.81 bits per heavy atom. The minimum Gasteiger partial charge on any atom is -0.508 e. The molecule has 4 atom stereocenters. The first kappa shape index (κ1) is 46.5. The van der Waals surface area contributed by atoms with Gasteiger partial charge in [-0.05, 0) is 112 Å². The lowest BCUT2D eigenvalue weighted by atomic mass is 9.84. The van der Waals surface area contributed by atoms with Gasteiger partial charge in [-0.25, -0.2) is 10.2 Å². The zero-order chi connectivity index (χ0) is 46.2. The number of esters is 1. The first-order valence-corrected chi connectivity index (χ1v) is 22.6. The maximum atomic E-state index is 14.7. The Morgan fingerprint density at radius 1 is 1.06 bits per heavy atom. The van der Waals surface area contributed by atoms with Crippen molar-refractivity contribution in [2.75, 3.05) is 54.5 Å². The van der Waals surface area contributed by atoms with Gasteiger partial charge in [0.1, 0.15) is 23.9 Å². The molecule has 3 aliphatic heterocycles. The summed E-state index contributed by atoms with van der Waals surface area (Å²) in [5, 5.41) is 16.8. The minimum atomic E-state index is -1.12. The molecule has 5 heterocycles. The first-order chi connectivity index (χ1) is 30.4. The van der Waals surface area contributed by atoms with Crippen LogP contribution in [0.5, 0.6) is 5.75 Å². The van der Waals surface area contributed by atoms with Crippen LogP contribution in [-0.2, 0) is 43.2 Å². The summed E-state index contributed by atoms with van der Waals surface area (Å²) in [5.74, 6) is -1.65. The molecule has 0 radical (unpaired) electrons. The van der Waals surface area contributed by atoms with E-state index in [1.165, 1.54) is 9.91 Å². The molecular weight excluding hydrogens is 813 g/mol. The number of hydrogen-bond acceptors (Lipinski definition) is 10. The number of ether oxygens (including phenoxy) is 2. The number of fused-ring (bicyclic) bond motifs is 6. The van der Waals surface area contributed by atoms with Gasteiger partial charge in [-0.1, -0.05) is 39.8 Å². The molecule has 6 bridgehead atoms. The van der Waals surface area contributed by atoms with Gasteiger partial charge < -0.3 is 39.2 Å². The standard InChI is InChI=1S/C49H66N8O7/c1-11-56-41-17-16-32-24-37(41)38(44(56)36-14-12-18-50-42(36)30(4)63-10)25-49(5,6)28-64-47(61)39-15-13-19-57(52-39)46(60)40(22-31-20-33(32)23-35(58)21-31)51-45(59)43(29(2)3)54(9)48(62)55-26-34(27-55)53(7)8/h12,14,16-18,20-21,23-24,29-30,34,39-40,43,52,58H,11,13,15,19,22,25-28H2,1-10H3,(H,51,59)/t30-,39-,40-,43?/m0/s1. The number of pyridine rings is 1. The fourth-order valence-electron chi connectivity index (χ4n) is 9.53. The number of likely N-dealkylation sites (tertiary alicyclic amines) is 1. The summed E-state index contributed by atoms with van der Waals surface area (Å²) in [7, 11) is 7.26. The minimum absolute atomic E-state index is 0.0103. The van der Waals surface area contributed by atoms with Gasteiger partial charge in [0.2, 0.25) is 5.91 Å². The molecule has 3 N–H and O–H groups in total. The molecule has 15 nitrogen and oxygen atoms in total. The van der Waals surface area contributed by atoms with Crippen LogP contribution < -0.4 is 10.7 Å². The highest BCUT2D eigenvalue weighted by atomic mass is 16.5. The predicted molar refractivity (Wildman–Crippen MR) is 246 cm³/mol. The first-order valence-electron chi connectivity index (χ1n) is 22.6. The number of aromatic nitrogens is 2. The molecule has 0 spiro atoms. The Bertz CT molecular complexity index is 2390. The highest BCUT2D eigenvalue weighted by Crippen LogP contribution is 2.42. The van der Waals surface area contributed by atoms with Gasteiger partial charge in [0.05, 0.1) is 24.1 Å². The lowest BCUT2D eigenvalue weighted by molar-refractivity contribution is -0.155. The second-order valence-corrected chi connectivity index (χ2v) is 19.1. The summed E-state index contributed by atoms with van der Waals surface area (Å²) in [5.41, 5.74) is 9.70. The van der Waals surface area contributed by atoms with Crippen molar-refractivity contribution in [3.63, 3.8) is 0 Å². The number of likely N-dealkylation sites (N-methyl/N-ethyl adjacent to an activating group) is 2. The van der Waals surface area contributed by atoms with Crippen molar-refractivity contribution in [3.8, 4) is 28.1 Å². The molecule has 1 unspecified atom stereocenters. The lowest BCUT2D eigenvalue weighted by Crippen LogP contribution is -2.65. The molecule has 2 aromatic carbocycles. The van der Waals surface area contributed by atoms with E-state index in [1.54, 1.807) is 37.4 Å². The van der Waals surface area contributed by atoms with Crippen molar-refractivity contribution in [1.29, 1.82) is 0 Å². The van der Waals surface area contributed by atoms with E-state index in [0.717, 1.165) is 44.5 Å². The Labute approximate surface area is 377 Å². The normalized spacial score (nSPS) is 20.4. The SMILES string of the molecule is CCn1c(-c2cccnc2[C@H](C)OC)c2c3cc(ccc31)-c1cc(O)cc(c1)C[C@H](NC(=O)C(C(C)C)N(C)C(=O)N1CC(N(C)C)C1)C(=O)N1CCC[C@H](N1)C(=O)OCC(C)(C)C2. The molecule has 15 heteroatoms. The largest absolute Gasteiger partial charge is 0.508 e. The predicted octanol–water partition coefficient (Wildman–Crippen LogP) is 5.77. The van der Waals surface area contributed by atoms with Gasteiger partial charge in [-0.15, -0.1) is 0 Å². The van der Waals surface area contributed by atoms with Gasteiger partial charge in [-0.2, -0.15) is 0 Å². The Balaban J connectivity index is 1.32. The number of nitrogens with one attached hydrogen (secondary N) is 2. The maximum absolute atomic E-state index is 14.7. The zero-order valence-electron chi connectivity index (χ0n) is 39.1. The van der Waals surface area contributed by atoms with Crippen molar-refractivity contribution < 1.29 is 33.8 Å². The Kier molecular flexibility index (Phi) is 13.7. The number of urea groups is 1. The summed E-state index contributed by atoms with van der Waals surface area (Å²) in [6.45, 7) is 14.2. The number of aromatic hydroxyl groups is 1. The van der Waals surface area contributed by atoms with Crippen LogP contribution in [0.4, 0.5) is 4.79 Å². The molecule has 4 aromatic rings. The molecule has 0 saturated carbocycles. The third-order valence-electron chi connectivity index (χ3n) is 13.2. The fourth-order valence-corrected chi connectivity index (χ4v) is 9.53. The second-order valence-electron chi connectivity index (χ2n) is 19.1. The maximum Gasteiger partial charge on any atom is 0.324 e. The summed E-state index contributed by atoms with van der Waals surface area (Å²) in [6, 6.07) is 12.8. The molecule has 4 amide bonds. The monoisotopic (exact) mass is 879 g/mol. The fraction of sp³-hybridized carbons (Fsp3) is 0.531. The number of hydrogen-bond donors (Lipinski definition) is 3. The van der Waals surface area contributed by atoms with Crippen molar-refractivity contribution in [2.45, 2.75) is 104 Å². The van der Waals surface area contributed by atoms with Crippen molar-refractivity contribution in [2.24, 2.45) is 11.3 Å². The number of rotatable bonds is 9. The van der Waals surface area contributed by atoms with Gasteiger partial charge >= 0.3 is 12.0 Å². The van der Waals surface area contributed by atoms with Crippen molar-refractivity contribution in [3.05, 3.63) is 71.5 Å². The smallest absolute Gasteiger partial charge is 0.324 e. The number of benzene rings is 2. The van der Waals surface area contributed by atoms with E-state index in [9.17, 15) is 24.3 Å². The number of cyclic esters (lactones) is 1. The average molecular weight is 879 g/mol. The van der Waals surface area contributed by atoms with Gasteiger partial charge in [-0.3, -0.25) is 24.4 Å². The van der Waals surface area contributed by atoms with E-state index in [1.807, 2.05) is 53.1 Å². The van der Waals surface area contributed by atoms with E-state index in [4.69, 9.17) is 14.5 Å². The van der Waals surface area contributed by atoms with Crippen LogP contribution in [0.3, 0.4) is 0 Å². The number of methoxy groups -OCH3 is 1. The third kappa shape index (κ3) is 9.48. The van der Waals surface area contributed by atoms with Crippen LogP contribution >= 0.6 is 0 Å². The van der Waals surface area contributed by atoms with E-state index < -0.39 is 41.3 Å². The molecule has 2 saturated heterocycles. The summed E-state index contributed by atoms with van der Waals surface area (Å²) >= 11 is 0. The number of amides is 4. The van der Waals surface area contributed by atoms with Crippen molar-refractivity contribution >= 4 is 34.7 Å². The number of nitrogens with zero attached hydrogens (tertiary/aromatic N) is 6. The zero-order valence-corrected chi connectivity index (χ0v) is 39.1. The van der Waals surface area contributed by atoms with Crippen LogP contribution in [0, 0.1) is 11.3 Å². The van der Waals surface area contributed by atoms with E-state index in [2.05, 4.69) is 59.2 Å². The molecule has 3 aliphatic rings. The lowest BCUT2D eigenvalue weighted by Gasteiger charge is -2.45. The molecule has 0 aliphatic carbocycles. The molecular formula is C49H66N8O7. The number of phenolic OH excluding ortho intramolecular Hbond substituents is 1. The molecule has 2 aromatic heterocycles. The topological polar surface area (TPSA) is 162 Å². The number of aryl methyl sites for hydroxylation is 1. The number of phenols is 1. The Hall–Kier alpha value is -5.51. The van der Waals surface area contributed by atoms with Crippen LogP contribution in [-0.4, -0.2) is 137 Å². The molecule has 7 rings (SSSR count). The summed E-state index contributed by atoms with van der Waals surface area (Å²) in [6.07, 6.45) is 3.08. The van der Waals surface area contributed by atoms with E-state index >= 15 is 0 Å². The summed E-state index contributed by atoms with van der Waals surface area (Å²) in [4.78, 5) is 66.7. The molecule has 2 fully saturated rings. The van der Waals surface area contributed by atoms with Crippen LogP contribution in [0.25, 0.3) is 33.3 Å². The Morgan fingerprint density at radius 3 is 2.50 bits per heavy atom. The van der Waals surface area contributed by atoms with Crippen LogP contribution in [0.1, 0.15) is 77.3 Å². The molecule has 64 heavy (non-hydrogen) atoms. The van der Waals surface area contributed by atoms with Gasteiger partial charge in [0.25, 0.3) is 5.91 Å². The number of carbonyl (C=O) groups is 4. The van der Waals surface area contributed by atoms with Gasteiger partial charge in [0.15, 0.2) is 0 Å². The third-order valence-corrected chi connectivity index (χ3v) is 13.2. The number of hydrazine groups is 1.